The van der Waals surface area contributed by atoms with E-state index in [1.165, 1.54) is 18.4 Å². The van der Waals surface area contributed by atoms with Gasteiger partial charge in [0.05, 0.1) is 5.76 Å². The van der Waals surface area contributed by atoms with E-state index >= 15 is 0 Å². The summed E-state index contributed by atoms with van der Waals surface area (Å²) in [5, 5.41) is 0. The monoisotopic (exact) mass is 204 g/mol. The summed E-state index contributed by atoms with van der Waals surface area (Å²) in [4.78, 5) is 0. The van der Waals surface area contributed by atoms with Crippen LogP contribution in [0.4, 0.5) is 0 Å². The Labute approximate surface area is 92.8 Å². The van der Waals surface area contributed by atoms with Crippen molar-refractivity contribution >= 4 is 0 Å². The molecule has 1 nitrogen and oxygen atoms in total. The maximum absolute atomic E-state index is 5.68. The topological polar surface area (TPSA) is 9.23 Å². The zero-order valence-electron chi connectivity index (χ0n) is 9.92. The highest BCUT2D eigenvalue weighted by Gasteiger charge is 1.94. The van der Waals surface area contributed by atoms with Crippen molar-refractivity contribution in [1.29, 1.82) is 0 Å². The molecule has 0 atom stereocenters. The van der Waals surface area contributed by atoms with Crippen molar-refractivity contribution in [3.63, 3.8) is 0 Å². The minimum atomic E-state index is 0.922. The van der Waals surface area contributed by atoms with Crippen LogP contribution >= 0.6 is 0 Å². The zero-order chi connectivity index (χ0) is 11.1. The van der Waals surface area contributed by atoms with Crippen LogP contribution in [0, 0.1) is 6.92 Å². The summed E-state index contributed by atoms with van der Waals surface area (Å²) in [6.45, 7) is 6.28. The molecule has 0 aliphatic rings. The number of ether oxygens (including phenoxy) is 1. The van der Waals surface area contributed by atoms with Crippen LogP contribution in [0.3, 0.4) is 0 Å². The first-order chi connectivity index (χ1) is 7.22. The fraction of sp³-hybridized carbons (Fsp3) is 0.429. The molecule has 0 bridgehead atoms. The Kier molecular flexibility index (Phi) is 4.96. The molecular formula is C14H20O. The second-order valence-corrected chi connectivity index (χ2v) is 3.87. The summed E-state index contributed by atoms with van der Waals surface area (Å²) in [6.07, 6.45) is 5.72. The molecule has 0 saturated carbocycles. The molecule has 0 saturated heterocycles. The molecule has 0 aliphatic heterocycles. The highest BCUT2D eigenvalue weighted by molar-refractivity contribution is 5.27. The molecule has 0 fully saturated rings. The molecule has 82 valence electrons. The van der Waals surface area contributed by atoms with Gasteiger partial charge < -0.3 is 4.74 Å². The quantitative estimate of drug-likeness (QED) is 0.508. The second-order valence-electron chi connectivity index (χ2n) is 3.87. The molecule has 1 heteroatoms. The van der Waals surface area contributed by atoms with Crippen LogP contribution in [0.5, 0.6) is 5.75 Å². The number of unbranched alkanes of at least 4 members (excludes halogenated alkanes) is 2. The van der Waals surface area contributed by atoms with Crippen LogP contribution in [-0.2, 0) is 0 Å². The van der Waals surface area contributed by atoms with E-state index in [1.807, 2.05) is 19.1 Å². The van der Waals surface area contributed by atoms with Gasteiger partial charge in [-0.05, 0) is 44.9 Å². The molecule has 0 radical (unpaired) electrons. The van der Waals surface area contributed by atoms with Crippen LogP contribution in [0.1, 0.15) is 38.7 Å². The van der Waals surface area contributed by atoms with Crippen LogP contribution in [-0.4, -0.2) is 0 Å². The van der Waals surface area contributed by atoms with E-state index < -0.39 is 0 Å². The fourth-order valence-electron chi connectivity index (χ4n) is 1.34. The number of benzene rings is 1. The third-order valence-electron chi connectivity index (χ3n) is 2.29. The summed E-state index contributed by atoms with van der Waals surface area (Å²) in [6, 6.07) is 8.14. The van der Waals surface area contributed by atoms with Gasteiger partial charge in [0.15, 0.2) is 0 Å². The highest BCUT2D eigenvalue weighted by atomic mass is 16.5. The largest absolute Gasteiger partial charge is 0.462 e. The van der Waals surface area contributed by atoms with Gasteiger partial charge >= 0.3 is 0 Å². The standard InChI is InChI=1S/C14H20O/c1-4-5-6-7-13(3)15-14-10-8-12(2)9-11-14/h7-11H,4-6H2,1-3H3/b13-7-. The maximum Gasteiger partial charge on any atom is 0.126 e. The molecule has 15 heavy (non-hydrogen) atoms. The van der Waals surface area contributed by atoms with E-state index in [2.05, 4.69) is 32.1 Å². The lowest BCUT2D eigenvalue weighted by Crippen LogP contribution is -1.90. The first-order valence-electron chi connectivity index (χ1n) is 5.63. The summed E-state index contributed by atoms with van der Waals surface area (Å²) < 4.78 is 5.68. The van der Waals surface area contributed by atoms with E-state index in [-0.39, 0.29) is 0 Å². The van der Waals surface area contributed by atoms with Crippen LogP contribution < -0.4 is 4.74 Å². The van der Waals surface area contributed by atoms with Crippen LogP contribution in [0.25, 0.3) is 0 Å². The Morgan fingerprint density at radius 3 is 2.53 bits per heavy atom. The highest BCUT2D eigenvalue weighted by Crippen LogP contribution is 2.15. The summed E-state index contributed by atoms with van der Waals surface area (Å²) in [5.74, 6) is 1.91. The fourth-order valence-corrected chi connectivity index (χ4v) is 1.34. The van der Waals surface area contributed by atoms with Gasteiger partial charge in [0.2, 0.25) is 0 Å². The Bertz CT molecular complexity index is 309. The molecular weight excluding hydrogens is 184 g/mol. The van der Waals surface area contributed by atoms with Crippen molar-refractivity contribution < 1.29 is 4.74 Å². The summed E-state index contributed by atoms with van der Waals surface area (Å²) >= 11 is 0. The van der Waals surface area contributed by atoms with Gasteiger partial charge in [-0.2, -0.15) is 0 Å². The van der Waals surface area contributed by atoms with Crippen molar-refractivity contribution in [2.24, 2.45) is 0 Å². The van der Waals surface area contributed by atoms with E-state index in [4.69, 9.17) is 4.74 Å². The molecule has 1 aromatic rings. The van der Waals surface area contributed by atoms with Gasteiger partial charge in [0, 0.05) is 0 Å². The van der Waals surface area contributed by atoms with Gasteiger partial charge in [0.1, 0.15) is 5.75 Å². The lowest BCUT2D eigenvalue weighted by Gasteiger charge is -2.05. The number of allylic oxidation sites excluding steroid dienone is 2. The smallest absolute Gasteiger partial charge is 0.126 e. The molecule has 0 aliphatic carbocycles. The first-order valence-corrected chi connectivity index (χ1v) is 5.63. The molecule has 1 rings (SSSR count). The van der Waals surface area contributed by atoms with Crippen molar-refractivity contribution in [2.75, 3.05) is 0 Å². The molecule has 0 aromatic heterocycles. The molecule has 0 spiro atoms. The normalized spacial score (nSPS) is 11.5. The van der Waals surface area contributed by atoms with E-state index in [0.717, 1.165) is 17.9 Å². The molecule has 0 amide bonds. The van der Waals surface area contributed by atoms with Gasteiger partial charge in [-0.1, -0.05) is 31.0 Å². The maximum atomic E-state index is 5.68. The van der Waals surface area contributed by atoms with Gasteiger partial charge in [-0.15, -0.1) is 0 Å². The van der Waals surface area contributed by atoms with Crippen molar-refractivity contribution in [2.45, 2.75) is 40.0 Å². The molecule has 0 N–H and O–H groups in total. The number of rotatable bonds is 5. The summed E-state index contributed by atoms with van der Waals surface area (Å²) in [5.41, 5.74) is 1.26. The van der Waals surface area contributed by atoms with Crippen molar-refractivity contribution in [3.8, 4) is 5.75 Å². The minimum Gasteiger partial charge on any atom is -0.462 e. The predicted octanol–water partition coefficient (Wildman–Crippen LogP) is 4.47. The van der Waals surface area contributed by atoms with Gasteiger partial charge in [-0.3, -0.25) is 0 Å². The molecule has 0 heterocycles. The summed E-state index contributed by atoms with van der Waals surface area (Å²) in [7, 11) is 0. The molecule has 0 unspecified atom stereocenters. The lowest BCUT2D eigenvalue weighted by atomic mass is 10.2. The number of aryl methyl sites for hydroxylation is 1. The van der Waals surface area contributed by atoms with E-state index in [1.54, 1.807) is 0 Å². The van der Waals surface area contributed by atoms with E-state index in [9.17, 15) is 0 Å². The van der Waals surface area contributed by atoms with Crippen LogP contribution in [0.2, 0.25) is 0 Å². The average molecular weight is 204 g/mol. The number of hydrogen-bond acceptors (Lipinski definition) is 1. The third-order valence-corrected chi connectivity index (χ3v) is 2.29. The SMILES string of the molecule is CCCC/C=C(/C)Oc1ccc(C)cc1. The van der Waals surface area contributed by atoms with Crippen LogP contribution in [0.15, 0.2) is 36.1 Å². The second kappa shape index (κ2) is 6.28. The Morgan fingerprint density at radius 1 is 1.27 bits per heavy atom. The lowest BCUT2D eigenvalue weighted by molar-refractivity contribution is 0.424. The Hall–Kier alpha value is -1.24. The Morgan fingerprint density at radius 2 is 1.93 bits per heavy atom. The van der Waals surface area contributed by atoms with Crippen molar-refractivity contribution in [1.82, 2.24) is 0 Å². The first kappa shape index (κ1) is 11.8. The minimum absolute atomic E-state index is 0.922. The van der Waals surface area contributed by atoms with E-state index in [0.29, 0.717) is 0 Å². The number of hydrogen-bond donors (Lipinski definition) is 0. The van der Waals surface area contributed by atoms with Gasteiger partial charge in [0.25, 0.3) is 0 Å². The van der Waals surface area contributed by atoms with Gasteiger partial charge in [-0.25, -0.2) is 0 Å². The third kappa shape index (κ3) is 4.68. The average Bonchev–Trinajstić information content (AvgIpc) is 2.22. The van der Waals surface area contributed by atoms with Crippen molar-refractivity contribution in [3.05, 3.63) is 41.7 Å². The molecule has 1 aromatic carbocycles. The predicted molar refractivity (Wildman–Crippen MR) is 65.1 cm³/mol. The zero-order valence-corrected chi connectivity index (χ0v) is 9.92. The Balaban J connectivity index is 2.47.